The van der Waals surface area contributed by atoms with Crippen molar-refractivity contribution in [2.45, 2.75) is 219 Å². The minimum Gasteiger partial charge on any atom is -0.444 e. The number of likely N-dealkylation sites (tertiary alicyclic amines) is 2. The van der Waals surface area contributed by atoms with E-state index < -0.39 is 22.1 Å². The molecule has 2 aromatic carbocycles. The summed E-state index contributed by atoms with van der Waals surface area (Å²) in [6.45, 7) is 33.6. The Bertz CT molecular complexity index is 4180. The summed E-state index contributed by atoms with van der Waals surface area (Å²) in [5.74, 6) is 1.38. The Labute approximate surface area is 596 Å². The lowest BCUT2D eigenvalue weighted by Gasteiger charge is -2.58. The fraction of sp³-hybridized carbons (Fsp3) is 0.658. The molecule has 8 fully saturated rings. The van der Waals surface area contributed by atoms with Crippen LogP contribution in [0, 0.1) is 47.3 Å². The Kier molecular flexibility index (Phi) is 18.9. The van der Waals surface area contributed by atoms with Crippen LogP contribution in [0.25, 0.3) is 44.1 Å². The number of fused-ring (bicyclic) bond motifs is 2. The molecule has 2 saturated carbocycles. The van der Waals surface area contributed by atoms with Crippen molar-refractivity contribution in [3.05, 3.63) is 57.1 Å². The van der Waals surface area contributed by atoms with Crippen LogP contribution in [0.1, 0.15) is 200 Å². The number of nitrogens with zero attached hydrogens (tertiary/aromatic N) is 15. The summed E-state index contributed by atoms with van der Waals surface area (Å²) in [4.78, 5) is 48.6. The second kappa shape index (κ2) is 26.5. The standard InChI is InChI=1S/C38H50Cl2N8O4.C35H47ClN8O3/c1-8-37(7)20-44(34(49)24(3)39)12-13-46(37)33-31(30-26-19-42-48(29-11-9-10-14-51-29)27(26)15-23(2)32(30)40)28(18-41)47(43-33)25-16-38(17-25)21-45(22-38)35(50)52-36(4,5)6;1-7-34(6)19-38-11-12-42(34)31-29(28-24-18-39-44(27-10-8-9-13-46-27)25(24)14-22(2)30(28)36)26(17-37)43(40-31)23-15-35(16-23)20-41(21-35)32(45)47-33(3,4)5/h15,19,24-25,29H,8-14,16-17,20-22H2,1-7H3;14,18,23,27,38H,7-13,15-16,19-21H2,1-6H3/t24?,29?,37-;27?,34-/m00/s1. The molecule has 6 saturated heterocycles. The van der Waals surface area contributed by atoms with Gasteiger partial charge in [0, 0.05) is 111 Å². The van der Waals surface area contributed by atoms with Gasteiger partial charge in [-0.15, -0.1) is 11.6 Å². The molecule has 23 nitrogen and oxygen atoms in total. The summed E-state index contributed by atoms with van der Waals surface area (Å²) in [5.41, 5.74) is 5.84. The number of anilines is 2. The summed E-state index contributed by atoms with van der Waals surface area (Å²) in [6, 6.07) is 9.29. The number of piperazine rings is 2. The molecule has 0 bridgehead atoms. The highest BCUT2D eigenvalue weighted by Crippen LogP contribution is 2.58. The first-order valence-electron chi connectivity index (χ1n) is 35.7. The van der Waals surface area contributed by atoms with E-state index in [2.05, 4.69) is 67.1 Å². The minimum atomic E-state index is -0.625. The van der Waals surface area contributed by atoms with E-state index in [1.807, 2.05) is 91.4 Å². The summed E-state index contributed by atoms with van der Waals surface area (Å²) in [6.07, 6.45) is 13.8. The van der Waals surface area contributed by atoms with Crippen molar-refractivity contribution in [3.8, 4) is 34.4 Å². The normalized spacial score (nSPS) is 24.9. The van der Waals surface area contributed by atoms with Crippen LogP contribution < -0.4 is 15.1 Å². The number of rotatable bonds is 11. The van der Waals surface area contributed by atoms with Gasteiger partial charge in [0.15, 0.2) is 24.1 Å². The third kappa shape index (κ3) is 12.9. The SMILES string of the molecule is CC[C@@]1(C)CN(C(=O)C(C)Cl)CCN1c1nn(C2CC3(C2)CN(C(=O)OC(C)(C)C)C3)c(C#N)c1-c1c(Cl)c(C)cc2c1cnn2C1CCCCO1.CC[C@@]1(C)CNCCN1c1nn(C2CC3(C2)CN(C(=O)OC(C)(C)C)C3)c(C#N)c1-c1c(Cl)c(C)cc2c1cnn2C1CCCCO1. The molecule has 2 aliphatic carbocycles. The zero-order valence-corrected chi connectivity index (χ0v) is 62.1. The molecule has 5 atom stereocenters. The fourth-order valence-electron chi connectivity index (χ4n) is 16.7. The molecule has 14 rings (SSSR count). The molecule has 6 aliphatic heterocycles. The first kappa shape index (κ1) is 70.6. The van der Waals surface area contributed by atoms with Gasteiger partial charge in [0.25, 0.3) is 0 Å². The maximum atomic E-state index is 13.1. The van der Waals surface area contributed by atoms with Crippen molar-refractivity contribution >= 4 is 86.3 Å². The first-order valence-corrected chi connectivity index (χ1v) is 36.9. The molecule has 532 valence electrons. The van der Waals surface area contributed by atoms with E-state index in [1.54, 1.807) is 16.7 Å². The number of hydrogen-bond acceptors (Lipinski definition) is 16. The second-order valence-electron chi connectivity index (χ2n) is 32.0. The third-order valence-electron chi connectivity index (χ3n) is 22.3. The molecule has 0 radical (unpaired) electrons. The van der Waals surface area contributed by atoms with Crippen molar-refractivity contribution < 1.29 is 33.3 Å². The van der Waals surface area contributed by atoms with Crippen LogP contribution in [0.4, 0.5) is 21.2 Å². The monoisotopic (exact) mass is 1410 g/mol. The Morgan fingerprint density at radius 1 is 0.636 bits per heavy atom. The predicted molar refractivity (Wildman–Crippen MR) is 382 cm³/mol. The topological polar surface area (TPSA) is 235 Å². The van der Waals surface area contributed by atoms with Gasteiger partial charge >= 0.3 is 12.2 Å². The number of alkyl halides is 1. The molecule has 99 heavy (non-hydrogen) atoms. The van der Waals surface area contributed by atoms with Gasteiger partial charge in [-0.1, -0.05) is 37.0 Å². The number of nitrogens with one attached hydrogen (secondary N) is 1. The van der Waals surface area contributed by atoms with Gasteiger partial charge < -0.3 is 48.8 Å². The number of nitriles is 2. The number of benzene rings is 2. The van der Waals surface area contributed by atoms with E-state index in [0.29, 0.717) is 85.2 Å². The van der Waals surface area contributed by atoms with Gasteiger partial charge in [0.1, 0.15) is 40.1 Å². The third-order valence-corrected chi connectivity index (χ3v) is 23.5. The van der Waals surface area contributed by atoms with Crippen LogP contribution in [0.2, 0.25) is 10.0 Å². The quantitative estimate of drug-likeness (QED) is 0.119. The summed E-state index contributed by atoms with van der Waals surface area (Å²) >= 11 is 20.8. The van der Waals surface area contributed by atoms with Gasteiger partial charge in [-0.3, -0.25) is 4.79 Å². The maximum absolute atomic E-state index is 13.1. The van der Waals surface area contributed by atoms with Gasteiger partial charge in [-0.05, 0) is 176 Å². The summed E-state index contributed by atoms with van der Waals surface area (Å²) < 4.78 is 31.3. The van der Waals surface area contributed by atoms with E-state index >= 15 is 0 Å². The van der Waals surface area contributed by atoms with Crippen LogP contribution in [0.15, 0.2) is 24.5 Å². The number of aryl methyl sites for hydroxylation is 2. The van der Waals surface area contributed by atoms with E-state index in [1.165, 1.54) is 0 Å². The van der Waals surface area contributed by atoms with Crippen molar-refractivity contribution in [2.75, 3.05) is 88.5 Å². The average molecular weight is 1420 g/mol. The molecule has 10 heterocycles. The van der Waals surface area contributed by atoms with E-state index in [9.17, 15) is 24.9 Å². The summed E-state index contributed by atoms with van der Waals surface area (Å²) in [7, 11) is 0. The lowest BCUT2D eigenvalue weighted by atomic mass is 9.60. The average Bonchev–Trinajstić information content (AvgIpc) is 1.70. The zero-order valence-electron chi connectivity index (χ0n) is 59.9. The maximum Gasteiger partial charge on any atom is 0.410 e. The number of halogens is 3. The number of hydrogen-bond donors (Lipinski definition) is 1. The molecule has 26 heteroatoms. The van der Waals surface area contributed by atoms with Crippen molar-refractivity contribution in [3.63, 3.8) is 0 Å². The second-order valence-corrected chi connectivity index (χ2v) is 33.4. The fourth-order valence-corrected chi connectivity index (χ4v) is 17.4. The van der Waals surface area contributed by atoms with Gasteiger partial charge in [0.05, 0.1) is 67.8 Å². The molecular formula is C73H97Cl3N16O7. The van der Waals surface area contributed by atoms with Crippen molar-refractivity contribution in [2.24, 2.45) is 10.8 Å². The van der Waals surface area contributed by atoms with Crippen LogP contribution in [0.3, 0.4) is 0 Å². The number of ether oxygens (including phenoxy) is 4. The summed E-state index contributed by atoms with van der Waals surface area (Å²) in [5, 5.41) is 48.1. The van der Waals surface area contributed by atoms with Crippen molar-refractivity contribution in [1.29, 1.82) is 10.5 Å². The smallest absolute Gasteiger partial charge is 0.410 e. The van der Waals surface area contributed by atoms with Gasteiger partial charge in [-0.2, -0.15) is 30.9 Å². The molecule has 4 aromatic heterocycles. The minimum absolute atomic E-state index is 0.0296. The first-order chi connectivity index (χ1) is 46.9. The number of aromatic nitrogens is 8. The van der Waals surface area contributed by atoms with Crippen LogP contribution in [-0.2, 0) is 23.7 Å². The van der Waals surface area contributed by atoms with Gasteiger partial charge in [-0.25, -0.2) is 28.3 Å². The van der Waals surface area contributed by atoms with Crippen LogP contribution in [-0.4, -0.2) is 178 Å². The van der Waals surface area contributed by atoms with E-state index in [-0.39, 0.29) is 59.0 Å². The molecule has 8 aliphatic rings. The number of carbonyl (C=O) groups is 3. The van der Waals surface area contributed by atoms with E-state index in [4.69, 9.17) is 74.1 Å². The molecule has 1 N–H and O–H groups in total. The van der Waals surface area contributed by atoms with Crippen molar-refractivity contribution in [1.82, 2.24) is 59.1 Å². The molecule has 3 unspecified atom stereocenters. The largest absolute Gasteiger partial charge is 0.444 e. The lowest BCUT2D eigenvalue weighted by Crippen LogP contribution is -2.64. The Morgan fingerprint density at radius 3 is 1.45 bits per heavy atom. The molecule has 2 spiro atoms. The number of amides is 3. The number of carbonyl (C=O) groups excluding carboxylic acids is 3. The highest BCUT2D eigenvalue weighted by molar-refractivity contribution is 6.37. The van der Waals surface area contributed by atoms with E-state index in [0.717, 1.165) is 159 Å². The molecule has 3 amide bonds. The highest BCUT2D eigenvalue weighted by atomic mass is 35.5. The van der Waals surface area contributed by atoms with Gasteiger partial charge in [0.2, 0.25) is 5.91 Å². The Balaban J connectivity index is 0.000000179. The molecular weight excluding hydrogens is 1320 g/mol. The molecule has 6 aromatic rings. The highest BCUT2D eigenvalue weighted by Gasteiger charge is 2.58. The zero-order chi connectivity index (χ0) is 70.6. The predicted octanol–water partition coefficient (Wildman–Crippen LogP) is 14.0. The van der Waals surface area contributed by atoms with Crippen LogP contribution >= 0.6 is 34.8 Å². The lowest BCUT2D eigenvalue weighted by molar-refractivity contribution is -0.132. The Hall–Kier alpha value is -6.86. The van der Waals surface area contributed by atoms with Crippen LogP contribution in [0.5, 0.6) is 0 Å². The Morgan fingerprint density at radius 2 is 1.07 bits per heavy atom.